The highest BCUT2D eigenvalue weighted by Crippen LogP contribution is 2.37. The molecule has 2 amide bonds. The third-order valence-electron chi connectivity index (χ3n) is 3.96. The predicted molar refractivity (Wildman–Crippen MR) is 96.1 cm³/mol. The largest absolute Gasteiger partial charge is 0.491 e. The zero-order chi connectivity index (χ0) is 17.1. The van der Waals surface area contributed by atoms with Crippen LogP contribution in [0.5, 0.6) is 5.75 Å². The number of anilines is 1. The summed E-state index contributed by atoms with van der Waals surface area (Å²) in [5.74, 6) is 0.434. The third-order valence-corrected chi connectivity index (χ3v) is 4.77. The van der Waals surface area contributed by atoms with E-state index in [9.17, 15) is 9.59 Å². The van der Waals surface area contributed by atoms with Crippen molar-refractivity contribution in [2.45, 2.75) is 25.8 Å². The van der Waals surface area contributed by atoms with Gasteiger partial charge < -0.3 is 15.4 Å². The molecule has 2 saturated heterocycles. The molecule has 3 N–H and O–H groups in total. The number of rotatable bonds is 5. The maximum Gasteiger partial charge on any atom is 0.290 e. The van der Waals surface area contributed by atoms with Gasteiger partial charge in [0.15, 0.2) is 0 Å². The van der Waals surface area contributed by atoms with Crippen molar-refractivity contribution >= 4 is 34.7 Å². The minimum atomic E-state index is -0.353. The Morgan fingerprint density at radius 3 is 2.92 bits per heavy atom. The SMILES string of the molecule is CCCOc1cccc(C=C2SC(=O)NC2=O)c1N1CC[C@H](N)C1. The number of thioether (sulfide) groups is 1. The standard InChI is InChI=1S/C17H21N3O3S/c1-2-8-23-13-5-3-4-11(9-14-16(21)19-17(22)24-14)15(13)20-7-6-12(18)10-20/h3-5,9,12H,2,6-8,10,18H2,1H3,(H,19,21,22)/t12-/m0/s1. The molecule has 128 valence electrons. The topological polar surface area (TPSA) is 84.7 Å². The molecule has 2 heterocycles. The number of carbonyl (C=O) groups excluding carboxylic acids is 2. The summed E-state index contributed by atoms with van der Waals surface area (Å²) in [5.41, 5.74) is 7.87. The van der Waals surface area contributed by atoms with Crippen molar-refractivity contribution in [3.05, 3.63) is 28.7 Å². The van der Waals surface area contributed by atoms with Crippen LogP contribution < -0.4 is 20.7 Å². The van der Waals surface area contributed by atoms with Gasteiger partial charge in [0, 0.05) is 24.7 Å². The van der Waals surface area contributed by atoms with E-state index >= 15 is 0 Å². The number of hydrogen-bond acceptors (Lipinski definition) is 6. The maximum atomic E-state index is 11.8. The highest BCUT2D eigenvalue weighted by molar-refractivity contribution is 8.18. The summed E-state index contributed by atoms with van der Waals surface area (Å²) in [5, 5.41) is 1.95. The van der Waals surface area contributed by atoms with E-state index in [0.717, 1.165) is 54.7 Å². The number of ether oxygens (including phenoxy) is 1. The summed E-state index contributed by atoms with van der Waals surface area (Å²) < 4.78 is 5.90. The third kappa shape index (κ3) is 3.57. The first-order valence-corrected chi connectivity index (χ1v) is 8.91. The molecule has 7 heteroatoms. The average molecular weight is 347 g/mol. The Bertz CT molecular complexity index is 690. The Labute approximate surface area is 145 Å². The molecule has 2 fully saturated rings. The van der Waals surface area contributed by atoms with Crippen molar-refractivity contribution in [2.24, 2.45) is 5.73 Å². The summed E-state index contributed by atoms with van der Waals surface area (Å²) in [4.78, 5) is 25.8. The first-order valence-electron chi connectivity index (χ1n) is 8.09. The molecule has 0 aliphatic carbocycles. The zero-order valence-electron chi connectivity index (χ0n) is 13.6. The Balaban J connectivity index is 2.00. The van der Waals surface area contributed by atoms with Crippen molar-refractivity contribution in [1.82, 2.24) is 5.32 Å². The monoisotopic (exact) mass is 347 g/mol. The predicted octanol–water partition coefficient (Wildman–Crippen LogP) is 2.34. The van der Waals surface area contributed by atoms with Crippen LogP contribution in [0.15, 0.2) is 23.1 Å². The van der Waals surface area contributed by atoms with Crippen LogP contribution in [0.2, 0.25) is 0 Å². The fourth-order valence-corrected chi connectivity index (χ4v) is 3.55. The lowest BCUT2D eigenvalue weighted by Gasteiger charge is -2.24. The van der Waals surface area contributed by atoms with Gasteiger partial charge in [-0.05, 0) is 36.7 Å². The number of para-hydroxylation sites is 1. The second-order valence-corrected chi connectivity index (χ2v) is 6.90. The molecule has 3 rings (SSSR count). The molecule has 6 nitrogen and oxygen atoms in total. The zero-order valence-corrected chi connectivity index (χ0v) is 14.4. The van der Waals surface area contributed by atoms with Crippen LogP contribution in [-0.2, 0) is 4.79 Å². The molecule has 0 unspecified atom stereocenters. The number of hydrogen-bond donors (Lipinski definition) is 2. The van der Waals surface area contributed by atoms with Crippen molar-refractivity contribution in [1.29, 1.82) is 0 Å². The van der Waals surface area contributed by atoms with Gasteiger partial charge in [0.1, 0.15) is 5.75 Å². The lowest BCUT2D eigenvalue weighted by molar-refractivity contribution is -0.115. The summed E-state index contributed by atoms with van der Waals surface area (Å²) in [6, 6.07) is 5.90. The molecule has 0 radical (unpaired) electrons. The van der Waals surface area contributed by atoms with Crippen molar-refractivity contribution in [2.75, 3.05) is 24.6 Å². The van der Waals surface area contributed by atoms with Gasteiger partial charge in [0.05, 0.1) is 17.2 Å². The number of benzene rings is 1. The van der Waals surface area contributed by atoms with Gasteiger partial charge in [-0.3, -0.25) is 14.9 Å². The van der Waals surface area contributed by atoms with Gasteiger partial charge in [-0.15, -0.1) is 0 Å². The van der Waals surface area contributed by atoms with E-state index in [0.29, 0.717) is 11.5 Å². The minimum absolute atomic E-state index is 0.135. The van der Waals surface area contributed by atoms with E-state index < -0.39 is 0 Å². The van der Waals surface area contributed by atoms with Crippen LogP contribution in [0.4, 0.5) is 10.5 Å². The fourth-order valence-electron chi connectivity index (χ4n) is 2.88. The smallest absolute Gasteiger partial charge is 0.290 e. The molecule has 0 spiro atoms. The highest BCUT2D eigenvalue weighted by Gasteiger charge is 2.28. The number of amides is 2. The van der Waals surface area contributed by atoms with E-state index in [1.54, 1.807) is 6.08 Å². The fraction of sp³-hybridized carbons (Fsp3) is 0.412. The van der Waals surface area contributed by atoms with E-state index in [-0.39, 0.29) is 17.2 Å². The Kier molecular flexibility index (Phi) is 5.11. The molecule has 0 saturated carbocycles. The summed E-state index contributed by atoms with van der Waals surface area (Å²) >= 11 is 0.922. The second-order valence-electron chi connectivity index (χ2n) is 5.89. The minimum Gasteiger partial charge on any atom is -0.491 e. The first kappa shape index (κ1) is 16.9. The molecule has 2 aliphatic rings. The van der Waals surface area contributed by atoms with Crippen LogP contribution in [0, 0.1) is 0 Å². The number of carbonyl (C=O) groups is 2. The maximum absolute atomic E-state index is 11.8. The summed E-state index contributed by atoms with van der Waals surface area (Å²) in [6.07, 6.45) is 3.59. The van der Waals surface area contributed by atoms with Gasteiger partial charge >= 0.3 is 0 Å². The van der Waals surface area contributed by atoms with Gasteiger partial charge in [-0.25, -0.2) is 0 Å². The summed E-state index contributed by atoms with van der Waals surface area (Å²) in [7, 11) is 0. The first-order chi connectivity index (χ1) is 11.6. The highest BCUT2D eigenvalue weighted by atomic mass is 32.2. The quantitative estimate of drug-likeness (QED) is 0.795. The number of nitrogens with two attached hydrogens (primary N) is 1. The lowest BCUT2D eigenvalue weighted by Crippen LogP contribution is -2.27. The van der Waals surface area contributed by atoms with Crippen LogP contribution in [-0.4, -0.2) is 36.9 Å². The number of imide groups is 1. The lowest BCUT2D eigenvalue weighted by atomic mass is 10.1. The van der Waals surface area contributed by atoms with Gasteiger partial charge in [-0.1, -0.05) is 19.1 Å². The van der Waals surface area contributed by atoms with Crippen LogP contribution >= 0.6 is 11.8 Å². The van der Waals surface area contributed by atoms with Crippen molar-refractivity contribution < 1.29 is 14.3 Å². The Morgan fingerprint density at radius 1 is 1.46 bits per heavy atom. The molecule has 0 aromatic heterocycles. The Morgan fingerprint density at radius 2 is 2.29 bits per heavy atom. The van der Waals surface area contributed by atoms with Crippen LogP contribution in [0.25, 0.3) is 6.08 Å². The van der Waals surface area contributed by atoms with E-state index in [1.165, 1.54) is 0 Å². The molecule has 1 atom stereocenters. The van der Waals surface area contributed by atoms with Gasteiger partial charge in [0.2, 0.25) is 0 Å². The van der Waals surface area contributed by atoms with Crippen molar-refractivity contribution in [3.8, 4) is 5.75 Å². The second kappa shape index (κ2) is 7.27. The Hall–Kier alpha value is -1.99. The molecule has 1 aromatic carbocycles. The van der Waals surface area contributed by atoms with E-state index in [2.05, 4.69) is 17.1 Å². The van der Waals surface area contributed by atoms with Crippen molar-refractivity contribution in [3.63, 3.8) is 0 Å². The molecule has 2 aliphatic heterocycles. The number of nitrogens with zero attached hydrogens (tertiary/aromatic N) is 1. The molecule has 0 bridgehead atoms. The average Bonchev–Trinajstić information content (AvgIpc) is 3.11. The van der Waals surface area contributed by atoms with Crippen LogP contribution in [0.3, 0.4) is 0 Å². The van der Waals surface area contributed by atoms with E-state index in [4.69, 9.17) is 10.5 Å². The normalized spacial score (nSPS) is 22.3. The van der Waals surface area contributed by atoms with Gasteiger partial charge in [0.25, 0.3) is 11.1 Å². The van der Waals surface area contributed by atoms with E-state index in [1.807, 2.05) is 18.2 Å². The number of nitrogens with one attached hydrogen (secondary N) is 1. The molecular formula is C17H21N3O3S. The van der Waals surface area contributed by atoms with Gasteiger partial charge in [-0.2, -0.15) is 0 Å². The summed E-state index contributed by atoms with van der Waals surface area (Å²) in [6.45, 7) is 4.28. The van der Waals surface area contributed by atoms with Crippen LogP contribution in [0.1, 0.15) is 25.3 Å². The molecule has 24 heavy (non-hydrogen) atoms. The molecular weight excluding hydrogens is 326 g/mol. The molecule has 1 aromatic rings.